The Labute approximate surface area is 97.1 Å². The van der Waals surface area contributed by atoms with Crippen LogP contribution in [-0.2, 0) is 4.74 Å². The molecule has 0 fully saturated rings. The maximum atomic E-state index is 6.19. The van der Waals surface area contributed by atoms with Gasteiger partial charge in [-0.1, -0.05) is 23.8 Å². The molecule has 1 atom stereocenters. The number of hydrogen-bond donors (Lipinski definition) is 1. The molecule has 0 saturated heterocycles. The van der Waals surface area contributed by atoms with E-state index in [0.29, 0.717) is 5.92 Å². The van der Waals surface area contributed by atoms with Gasteiger partial charge in [0.2, 0.25) is 0 Å². The molecular weight excluding hydrogens is 198 g/mol. The number of nitrogens with two attached hydrogens (primary N) is 1. The van der Waals surface area contributed by atoms with Crippen molar-refractivity contribution in [1.29, 1.82) is 0 Å². The van der Waals surface area contributed by atoms with Gasteiger partial charge in [-0.2, -0.15) is 0 Å². The molecular formula is C14H19NO. The van der Waals surface area contributed by atoms with Crippen LogP contribution in [0.2, 0.25) is 0 Å². The summed E-state index contributed by atoms with van der Waals surface area (Å²) in [6.07, 6.45) is 2.15. The first-order chi connectivity index (χ1) is 7.61. The molecule has 0 aromatic heterocycles. The molecule has 1 aliphatic heterocycles. The van der Waals surface area contributed by atoms with E-state index in [9.17, 15) is 0 Å². The minimum atomic E-state index is 0.327. The molecule has 2 heteroatoms. The van der Waals surface area contributed by atoms with Gasteiger partial charge in [0.15, 0.2) is 0 Å². The predicted octanol–water partition coefficient (Wildman–Crippen LogP) is 2.95. The molecule has 0 aliphatic carbocycles. The average molecular weight is 217 g/mol. The van der Waals surface area contributed by atoms with Gasteiger partial charge in [0, 0.05) is 11.6 Å². The zero-order chi connectivity index (χ0) is 11.7. The van der Waals surface area contributed by atoms with Crippen molar-refractivity contribution in [3.05, 3.63) is 40.5 Å². The Kier molecular flexibility index (Phi) is 3.01. The molecule has 0 radical (unpaired) electrons. The lowest BCUT2D eigenvalue weighted by atomic mass is 9.86. The molecule has 0 amide bonds. The standard InChI is InChI=1S/C14H19NO/c1-9-6-7-16-8-12(9)13-10(2)4-5-11(3)14(13)15/h4-6,12H,7-8,15H2,1-3H3. The molecule has 1 heterocycles. The second-order valence-electron chi connectivity index (χ2n) is 4.56. The van der Waals surface area contributed by atoms with Crippen molar-refractivity contribution in [2.75, 3.05) is 18.9 Å². The summed E-state index contributed by atoms with van der Waals surface area (Å²) in [5, 5.41) is 0. The van der Waals surface area contributed by atoms with Crippen molar-refractivity contribution in [2.24, 2.45) is 0 Å². The van der Waals surface area contributed by atoms with Crippen LogP contribution in [0.5, 0.6) is 0 Å². The fraction of sp³-hybridized carbons (Fsp3) is 0.429. The first-order valence-corrected chi connectivity index (χ1v) is 5.71. The van der Waals surface area contributed by atoms with Gasteiger partial charge in [-0.25, -0.2) is 0 Å². The van der Waals surface area contributed by atoms with Gasteiger partial charge < -0.3 is 10.5 Å². The number of nitrogen functional groups attached to an aromatic ring is 1. The topological polar surface area (TPSA) is 35.2 Å². The van der Waals surface area contributed by atoms with Crippen molar-refractivity contribution in [3.8, 4) is 0 Å². The molecule has 1 aromatic rings. The van der Waals surface area contributed by atoms with Crippen LogP contribution in [0.25, 0.3) is 0 Å². The summed E-state index contributed by atoms with van der Waals surface area (Å²) >= 11 is 0. The summed E-state index contributed by atoms with van der Waals surface area (Å²) in [5.74, 6) is 0.327. The smallest absolute Gasteiger partial charge is 0.0650 e. The van der Waals surface area contributed by atoms with E-state index in [2.05, 4.69) is 39.0 Å². The summed E-state index contributed by atoms with van der Waals surface area (Å²) < 4.78 is 5.52. The lowest BCUT2D eigenvalue weighted by Gasteiger charge is -2.26. The van der Waals surface area contributed by atoms with Crippen molar-refractivity contribution in [3.63, 3.8) is 0 Å². The summed E-state index contributed by atoms with van der Waals surface area (Å²) in [4.78, 5) is 0. The van der Waals surface area contributed by atoms with Crippen LogP contribution in [0.4, 0.5) is 5.69 Å². The third-order valence-corrected chi connectivity index (χ3v) is 3.43. The quantitative estimate of drug-likeness (QED) is 0.580. The highest BCUT2D eigenvalue weighted by molar-refractivity contribution is 5.59. The highest BCUT2D eigenvalue weighted by Gasteiger charge is 2.21. The monoisotopic (exact) mass is 217 g/mol. The SMILES string of the molecule is CC1=CCOCC1c1c(C)ccc(C)c1N. The molecule has 1 aliphatic rings. The Morgan fingerprint density at radius 1 is 1.19 bits per heavy atom. The zero-order valence-electron chi connectivity index (χ0n) is 10.2. The molecule has 2 nitrogen and oxygen atoms in total. The number of ether oxygens (including phenoxy) is 1. The van der Waals surface area contributed by atoms with E-state index < -0.39 is 0 Å². The van der Waals surface area contributed by atoms with Crippen LogP contribution in [0.1, 0.15) is 29.5 Å². The molecule has 0 bridgehead atoms. The Morgan fingerprint density at radius 2 is 1.88 bits per heavy atom. The second-order valence-corrected chi connectivity index (χ2v) is 4.56. The maximum absolute atomic E-state index is 6.19. The van der Waals surface area contributed by atoms with Gasteiger partial charge in [0.25, 0.3) is 0 Å². The number of benzene rings is 1. The maximum Gasteiger partial charge on any atom is 0.0650 e. The van der Waals surface area contributed by atoms with Crippen molar-refractivity contribution >= 4 is 5.69 Å². The van der Waals surface area contributed by atoms with E-state index in [1.54, 1.807) is 0 Å². The predicted molar refractivity (Wildman–Crippen MR) is 67.6 cm³/mol. The Morgan fingerprint density at radius 3 is 2.56 bits per heavy atom. The van der Waals surface area contributed by atoms with Gasteiger partial charge in [-0.05, 0) is 37.5 Å². The summed E-state index contributed by atoms with van der Waals surface area (Å²) in [7, 11) is 0. The molecule has 0 saturated carbocycles. The Hall–Kier alpha value is -1.28. The van der Waals surface area contributed by atoms with E-state index in [1.807, 2.05) is 0 Å². The highest BCUT2D eigenvalue weighted by Crippen LogP contribution is 2.34. The number of rotatable bonds is 1. The van der Waals surface area contributed by atoms with E-state index in [0.717, 1.165) is 24.5 Å². The van der Waals surface area contributed by atoms with Crippen LogP contribution >= 0.6 is 0 Å². The van der Waals surface area contributed by atoms with Crippen molar-refractivity contribution < 1.29 is 4.74 Å². The normalized spacial score (nSPS) is 20.7. The second kappa shape index (κ2) is 4.30. The minimum absolute atomic E-state index is 0.327. The Bertz CT molecular complexity index is 435. The van der Waals surface area contributed by atoms with E-state index >= 15 is 0 Å². The first-order valence-electron chi connectivity index (χ1n) is 5.71. The fourth-order valence-corrected chi connectivity index (χ4v) is 2.28. The largest absolute Gasteiger partial charge is 0.398 e. The molecule has 16 heavy (non-hydrogen) atoms. The minimum Gasteiger partial charge on any atom is -0.398 e. The van der Waals surface area contributed by atoms with Gasteiger partial charge >= 0.3 is 0 Å². The molecule has 1 unspecified atom stereocenters. The highest BCUT2D eigenvalue weighted by atomic mass is 16.5. The van der Waals surface area contributed by atoms with E-state index in [4.69, 9.17) is 10.5 Å². The zero-order valence-corrected chi connectivity index (χ0v) is 10.2. The van der Waals surface area contributed by atoms with Gasteiger partial charge in [0.05, 0.1) is 13.2 Å². The van der Waals surface area contributed by atoms with E-state index in [1.165, 1.54) is 16.7 Å². The number of aryl methyl sites for hydroxylation is 2. The van der Waals surface area contributed by atoms with Crippen LogP contribution in [0, 0.1) is 13.8 Å². The van der Waals surface area contributed by atoms with Crippen LogP contribution < -0.4 is 5.73 Å². The summed E-state index contributed by atoms with van der Waals surface area (Å²) in [6.45, 7) is 7.81. The van der Waals surface area contributed by atoms with Crippen LogP contribution in [-0.4, -0.2) is 13.2 Å². The van der Waals surface area contributed by atoms with Crippen LogP contribution in [0.15, 0.2) is 23.8 Å². The Balaban J connectivity index is 2.51. The van der Waals surface area contributed by atoms with Gasteiger partial charge in [-0.3, -0.25) is 0 Å². The molecule has 1 aromatic carbocycles. The van der Waals surface area contributed by atoms with Gasteiger partial charge in [0.1, 0.15) is 0 Å². The van der Waals surface area contributed by atoms with Crippen molar-refractivity contribution in [1.82, 2.24) is 0 Å². The van der Waals surface area contributed by atoms with Crippen molar-refractivity contribution in [2.45, 2.75) is 26.7 Å². The lowest BCUT2D eigenvalue weighted by molar-refractivity contribution is 0.141. The number of hydrogen-bond acceptors (Lipinski definition) is 2. The third kappa shape index (κ3) is 1.85. The summed E-state index contributed by atoms with van der Waals surface area (Å²) in [5.41, 5.74) is 12.1. The van der Waals surface area contributed by atoms with Gasteiger partial charge in [-0.15, -0.1) is 0 Å². The fourth-order valence-electron chi connectivity index (χ4n) is 2.28. The average Bonchev–Trinajstić information content (AvgIpc) is 2.27. The molecule has 2 rings (SSSR count). The van der Waals surface area contributed by atoms with E-state index in [-0.39, 0.29) is 0 Å². The molecule has 86 valence electrons. The van der Waals surface area contributed by atoms with Crippen LogP contribution in [0.3, 0.4) is 0 Å². The third-order valence-electron chi connectivity index (χ3n) is 3.43. The lowest BCUT2D eigenvalue weighted by Crippen LogP contribution is -2.17. The molecule has 2 N–H and O–H groups in total. The summed E-state index contributed by atoms with van der Waals surface area (Å²) in [6, 6.07) is 4.22. The first kappa shape index (κ1) is 11.2. The number of anilines is 1. The molecule has 0 spiro atoms.